The predicted molar refractivity (Wildman–Crippen MR) is 30.1 cm³/mol. The van der Waals surface area contributed by atoms with E-state index < -0.39 is 0 Å². The van der Waals surface area contributed by atoms with Crippen molar-refractivity contribution in [1.29, 1.82) is 0 Å². The molecule has 0 amide bonds. The minimum atomic E-state index is 0.0938. The summed E-state index contributed by atoms with van der Waals surface area (Å²) >= 11 is 0. The van der Waals surface area contributed by atoms with Crippen molar-refractivity contribution in [2.24, 2.45) is 0 Å². The van der Waals surface area contributed by atoms with Crippen LogP contribution < -0.4 is 0 Å². The summed E-state index contributed by atoms with van der Waals surface area (Å²) in [5.41, 5.74) is 0. The summed E-state index contributed by atoms with van der Waals surface area (Å²) in [5.74, 6) is 0. The highest BCUT2D eigenvalue weighted by Gasteiger charge is 1.70. The zero-order valence-corrected chi connectivity index (χ0v) is 5.02. The van der Waals surface area contributed by atoms with Crippen molar-refractivity contribution in [2.75, 3.05) is 13.2 Å². The fourth-order valence-corrected chi connectivity index (χ4v) is 0.0707. The molecule has 0 bridgehead atoms. The van der Waals surface area contributed by atoms with Gasteiger partial charge < -0.3 is 10.2 Å². The number of aliphatic hydroxyl groups excluding tert-OH is 2. The summed E-state index contributed by atoms with van der Waals surface area (Å²) in [4.78, 5) is 0. The molecule has 0 rings (SSSR count). The molecule has 0 saturated heterocycles. The van der Waals surface area contributed by atoms with Gasteiger partial charge >= 0.3 is 0 Å². The van der Waals surface area contributed by atoms with Gasteiger partial charge in [-0.05, 0) is 6.42 Å². The van der Waals surface area contributed by atoms with Crippen molar-refractivity contribution in [2.45, 2.75) is 20.3 Å². The van der Waals surface area contributed by atoms with Crippen LogP contribution in [0.1, 0.15) is 20.3 Å². The lowest BCUT2D eigenvalue weighted by atomic mass is 10.5. The third-order valence-electron chi connectivity index (χ3n) is 0.316. The van der Waals surface area contributed by atoms with E-state index in [1.54, 1.807) is 0 Å². The van der Waals surface area contributed by atoms with Gasteiger partial charge in [0.2, 0.25) is 0 Å². The largest absolute Gasteiger partial charge is 0.396 e. The molecular formula is C5H14O2. The van der Waals surface area contributed by atoms with E-state index >= 15 is 0 Å². The Morgan fingerprint density at radius 1 is 1.00 bits per heavy atom. The van der Waals surface area contributed by atoms with Crippen molar-refractivity contribution in [3.8, 4) is 0 Å². The summed E-state index contributed by atoms with van der Waals surface area (Å²) < 4.78 is 0. The Morgan fingerprint density at radius 2 is 1.29 bits per heavy atom. The maximum absolute atomic E-state index is 7.91. The van der Waals surface area contributed by atoms with Crippen LogP contribution in [0.3, 0.4) is 0 Å². The van der Waals surface area contributed by atoms with E-state index in [0.29, 0.717) is 6.42 Å². The van der Waals surface area contributed by atoms with E-state index in [-0.39, 0.29) is 13.2 Å². The average Bonchev–Trinajstić information content (AvgIpc) is 1.75. The molecule has 2 heteroatoms. The molecular weight excluding hydrogens is 92.1 g/mol. The quantitative estimate of drug-likeness (QED) is 0.534. The van der Waals surface area contributed by atoms with Gasteiger partial charge in [0, 0.05) is 13.2 Å². The summed E-state index contributed by atoms with van der Waals surface area (Å²) in [5, 5.41) is 15.8. The highest BCUT2D eigenvalue weighted by Crippen LogP contribution is 1.65. The minimum absolute atomic E-state index is 0.0938. The second-order valence-electron chi connectivity index (χ2n) is 0.801. The molecule has 0 aromatic rings. The lowest BCUT2D eigenvalue weighted by Crippen LogP contribution is -1.85. The van der Waals surface area contributed by atoms with E-state index in [4.69, 9.17) is 10.2 Å². The third kappa shape index (κ3) is 24.7. The fraction of sp³-hybridized carbons (Fsp3) is 1.00. The monoisotopic (exact) mass is 106 g/mol. The fourth-order valence-electron chi connectivity index (χ4n) is 0.0707. The zero-order valence-electron chi connectivity index (χ0n) is 5.02. The summed E-state index contributed by atoms with van der Waals surface area (Å²) in [7, 11) is 0. The summed E-state index contributed by atoms with van der Waals surface area (Å²) in [6.45, 7) is 4.19. The van der Waals surface area contributed by atoms with Gasteiger partial charge in [-0.15, -0.1) is 0 Å². The van der Waals surface area contributed by atoms with Crippen molar-refractivity contribution in [3.63, 3.8) is 0 Å². The number of aliphatic hydroxyl groups is 2. The van der Waals surface area contributed by atoms with E-state index in [9.17, 15) is 0 Å². The minimum Gasteiger partial charge on any atom is -0.396 e. The Balaban J connectivity index is 0. The van der Waals surface area contributed by atoms with Gasteiger partial charge in [-0.25, -0.2) is 0 Å². The predicted octanol–water partition coefficient (Wildman–Crippen LogP) is 0.387. The van der Waals surface area contributed by atoms with Gasteiger partial charge in [-0.2, -0.15) is 0 Å². The van der Waals surface area contributed by atoms with Crippen LogP contribution in [0.25, 0.3) is 0 Å². The van der Waals surface area contributed by atoms with Gasteiger partial charge in [0.15, 0.2) is 0 Å². The molecule has 0 aromatic heterocycles. The molecule has 7 heavy (non-hydrogen) atoms. The second-order valence-corrected chi connectivity index (χ2v) is 0.801. The Hall–Kier alpha value is -0.0800. The molecule has 0 heterocycles. The Kier molecular flexibility index (Phi) is 24.1. The third-order valence-corrected chi connectivity index (χ3v) is 0.316. The molecule has 0 unspecified atom stereocenters. The average molecular weight is 106 g/mol. The van der Waals surface area contributed by atoms with Gasteiger partial charge in [0.25, 0.3) is 0 Å². The van der Waals surface area contributed by atoms with Crippen LogP contribution in [-0.2, 0) is 0 Å². The Morgan fingerprint density at radius 3 is 1.29 bits per heavy atom. The van der Waals surface area contributed by atoms with Crippen molar-refractivity contribution < 1.29 is 10.2 Å². The normalized spacial score (nSPS) is 6.86. The lowest BCUT2D eigenvalue weighted by molar-refractivity contribution is 0.221. The van der Waals surface area contributed by atoms with Crippen molar-refractivity contribution in [1.82, 2.24) is 0 Å². The molecule has 0 aliphatic rings. The molecule has 0 aliphatic heterocycles. The smallest absolute Gasteiger partial charge is 0.0452 e. The Labute approximate surface area is 44.8 Å². The van der Waals surface area contributed by atoms with Crippen LogP contribution in [0.5, 0.6) is 0 Å². The second kappa shape index (κ2) is 16.8. The first-order valence-corrected chi connectivity index (χ1v) is 2.63. The van der Waals surface area contributed by atoms with Crippen LogP contribution in [-0.4, -0.2) is 23.4 Å². The molecule has 46 valence electrons. The summed E-state index contributed by atoms with van der Waals surface area (Å²) in [6, 6.07) is 0. The van der Waals surface area contributed by atoms with Gasteiger partial charge in [-0.1, -0.05) is 13.8 Å². The first-order chi connectivity index (χ1) is 3.41. The van der Waals surface area contributed by atoms with Crippen LogP contribution in [0.2, 0.25) is 0 Å². The van der Waals surface area contributed by atoms with E-state index in [0.717, 1.165) is 0 Å². The molecule has 0 spiro atoms. The summed E-state index contributed by atoms with van der Waals surface area (Å²) in [6.07, 6.45) is 0.500. The van der Waals surface area contributed by atoms with Gasteiger partial charge in [-0.3, -0.25) is 0 Å². The topological polar surface area (TPSA) is 40.5 Å². The molecule has 0 aliphatic carbocycles. The molecule has 0 fully saturated rings. The van der Waals surface area contributed by atoms with E-state index in [2.05, 4.69) is 0 Å². The van der Waals surface area contributed by atoms with Gasteiger partial charge in [0.05, 0.1) is 0 Å². The first-order valence-electron chi connectivity index (χ1n) is 2.63. The highest BCUT2D eigenvalue weighted by atomic mass is 16.3. The highest BCUT2D eigenvalue weighted by molar-refractivity contribution is 4.22. The first kappa shape index (κ1) is 10.0. The molecule has 2 N–H and O–H groups in total. The molecule has 0 saturated carbocycles. The standard InChI is InChI=1S/C3H8O2.C2H6/c4-2-1-3-5;1-2/h4-5H,1-3H2;1-2H3. The zero-order chi connectivity index (χ0) is 6.12. The van der Waals surface area contributed by atoms with Crippen LogP contribution in [0, 0.1) is 0 Å². The van der Waals surface area contributed by atoms with E-state index in [1.807, 2.05) is 13.8 Å². The van der Waals surface area contributed by atoms with Crippen molar-refractivity contribution >= 4 is 0 Å². The number of hydrogen-bond acceptors (Lipinski definition) is 2. The molecule has 2 nitrogen and oxygen atoms in total. The van der Waals surface area contributed by atoms with Gasteiger partial charge in [0.1, 0.15) is 0 Å². The Bertz CT molecular complexity index is 13.6. The molecule has 0 atom stereocenters. The SMILES string of the molecule is CC.OCCCO. The van der Waals surface area contributed by atoms with Crippen molar-refractivity contribution in [3.05, 3.63) is 0 Å². The molecule has 0 radical (unpaired) electrons. The maximum atomic E-state index is 7.91. The van der Waals surface area contributed by atoms with Crippen LogP contribution in [0.4, 0.5) is 0 Å². The number of hydrogen-bond donors (Lipinski definition) is 2. The lowest BCUT2D eigenvalue weighted by Gasteiger charge is -1.79. The molecule has 0 aromatic carbocycles. The van der Waals surface area contributed by atoms with Crippen LogP contribution >= 0.6 is 0 Å². The number of rotatable bonds is 2. The maximum Gasteiger partial charge on any atom is 0.0452 e. The van der Waals surface area contributed by atoms with Crippen LogP contribution in [0.15, 0.2) is 0 Å². The van der Waals surface area contributed by atoms with E-state index in [1.165, 1.54) is 0 Å².